The van der Waals surface area contributed by atoms with Crippen LogP contribution in [0.3, 0.4) is 0 Å². The first kappa shape index (κ1) is 50.5. The summed E-state index contributed by atoms with van der Waals surface area (Å²) in [6, 6.07) is 0. The van der Waals surface area contributed by atoms with Crippen molar-refractivity contribution in [1.29, 1.82) is 0 Å². The summed E-state index contributed by atoms with van der Waals surface area (Å²) in [5, 5.41) is 30.5. The van der Waals surface area contributed by atoms with E-state index >= 15 is 0 Å². The molecule has 3 aromatic rings. The fraction of sp³-hybridized carbons (Fsp3) is 0.308. The van der Waals surface area contributed by atoms with E-state index < -0.39 is 105 Å². The van der Waals surface area contributed by atoms with E-state index in [1.165, 1.54) is 0 Å². The summed E-state index contributed by atoms with van der Waals surface area (Å²) in [4.78, 5) is 0. The molecule has 3 rings (SSSR count). The minimum atomic E-state index is -2.33. The van der Waals surface area contributed by atoms with E-state index in [1.807, 2.05) is 0 Å². The molecule has 283 valence electrons. The first-order valence-electron chi connectivity index (χ1n) is 11.7. The molecular weight excluding hydrogens is 877 g/mol. The fourth-order valence-electron chi connectivity index (χ4n) is 2.09. The van der Waals surface area contributed by atoms with Gasteiger partial charge in [-0.2, -0.15) is 0 Å². The molecule has 0 aromatic heterocycles. The quantitative estimate of drug-likeness (QED) is 0.150. The number of hydrogen-bond acceptors (Lipinski definition) is 7. The maximum Gasteiger partial charge on any atom is 3.00 e. The fourth-order valence-corrected chi connectivity index (χ4v) is 2.09. The van der Waals surface area contributed by atoms with Crippen LogP contribution in [-0.4, -0.2) is 54.9 Å². The molecule has 7 nitrogen and oxygen atoms in total. The van der Waals surface area contributed by atoms with Gasteiger partial charge in [0, 0.05) is 28.4 Å². The van der Waals surface area contributed by atoms with Gasteiger partial charge < -0.3 is 34.3 Å². The van der Waals surface area contributed by atoms with Crippen molar-refractivity contribution in [3.63, 3.8) is 0 Å². The van der Waals surface area contributed by atoms with Gasteiger partial charge in [-0.25, -0.2) is 65.9 Å². The van der Waals surface area contributed by atoms with Gasteiger partial charge in [0.1, 0.15) is 0 Å². The van der Waals surface area contributed by atoms with Crippen molar-refractivity contribution >= 4 is 0 Å². The second kappa shape index (κ2) is 25.1. The van der Waals surface area contributed by atoms with Crippen molar-refractivity contribution in [2.75, 3.05) is 54.9 Å². The van der Waals surface area contributed by atoms with Gasteiger partial charge in [0.25, 0.3) is 0 Å². The first-order chi connectivity index (χ1) is 22.2. The molecule has 0 fully saturated rings. The maximum atomic E-state index is 12.1. The molecule has 0 amide bonds. The molecule has 0 saturated heterocycles. The zero-order valence-electron chi connectivity index (χ0n) is 24.6. The number of rotatable bonds is 6. The summed E-state index contributed by atoms with van der Waals surface area (Å²) < 4.78 is 200. The summed E-state index contributed by atoms with van der Waals surface area (Å²) in [6.07, 6.45) is 0. The maximum absolute atomic E-state index is 12.1. The van der Waals surface area contributed by atoms with Gasteiger partial charge >= 0.3 is 37.3 Å². The molecular formula is C26H20ErF15O7. The molecule has 0 bridgehead atoms. The molecule has 0 heterocycles. The molecule has 0 aliphatic rings. The summed E-state index contributed by atoms with van der Waals surface area (Å²) >= 11 is 0. The Kier molecular flexibility index (Phi) is 25.9. The summed E-state index contributed by atoms with van der Waals surface area (Å²) in [5.41, 5.74) is 0. The average Bonchev–Trinajstić information content (AvgIpc) is 3.09. The number of ether oxygens (including phenoxy) is 4. The molecule has 1 radical (unpaired) electrons. The molecule has 0 N–H and O–H groups in total. The molecule has 0 atom stereocenters. The van der Waals surface area contributed by atoms with Crippen LogP contribution in [0.25, 0.3) is 0 Å². The van der Waals surface area contributed by atoms with Crippen LogP contribution in [0.15, 0.2) is 0 Å². The van der Waals surface area contributed by atoms with Crippen LogP contribution < -0.4 is 15.3 Å². The minimum absolute atomic E-state index is 0. The third kappa shape index (κ3) is 14.9. The van der Waals surface area contributed by atoms with Gasteiger partial charge in [0.05, 0.1) is 26.4 Å². The Morgan fingerprint density at radius 2 is 0.388 bits per heavy atom. The average molecular weight is 897 g/mol. The van der Waals surface area contributed by atoms with Crippen LogP contribution >= 0.6 is 0 Å². The second-order valence-corrected chi connectivity index (χ2v) is 7.67. The van der Waals surface area contributed by atoms with Crippen LogP contribution in [0.5, 0.6) is 17.2 Å². The van der Waals surface area contributed by atoms with Crippen molar-refractivity contribution < 1.29 is 137 Å². The summed E-state index contributed by atoms with van der Waals surface area (Å²) in [7, 11) is 6.61. The van der Waals surface area contributed by atoms with Gasteiger partial charge in [-0.1, -0.05) is 0 Å². The standard InChI is InChI=1S/3C6HF5O.2C4H10O2.Er/c3*7-1-2(8)4(10)6(12)5(11)3(1)9;2*1-5-3-4-6-2;/h3*12H;2*3-4H2,1-2H3;/q;;;;;+3/p-3. The normalized spacial score (nSPS) is 9.86. The van der Waals surface area contributed by atoms with E-state index in [0.29, 0.717) is 26.4 Å². The van der Waals surface area contributed by atoms with E-state index in [2.05, 4.69) is 18.9 Å². The Balaban J connectivity index is -0.000000555. The number of hydrogen-bond donors (Lipinski definition) is 0. The molecule has 0 aliphatic carbocycles. The van der Waals surface area contributed by atoms with Gasteiger partial charge in [-0.05, 0) is 17.2 Å². The van der Waals surface area contributed by atoms with Crippen molar-refractivity contribution in [2.45, 2.75) is 0 Å². The van der Waals surface area contributed by atoms with Crippen LogP contribution in [0.1, 0.15) is 0 Å². The van der Waals surface area contributed by atoms with Crippen molar-refractivity contribution in [3.8, 4) is 17.2 Å². The van der Waals surface area contributed by atoms with Crippen LogP contribution in [0.2, 0.25) is 0 Å². The second-order valence-electron chi connectivity index (χ2n) is 7.67. The predicted molar refractivity (Wildman–Crippen MR) is 125 cm³/mol. The Labute approximate surface area is 296 Å². The smallest absolute Gasteiger partial charge is 0.868 e. The molecule has 49 heavy (non-hydrogen) atoms. The third-order valence-electron chi connectivity index (χ3n) is 4.49. The minimum Gasteiger partial charge on any atom is -0.868 e. The number of halogens is 15. The predicted octanol–water partition coefficient (Wildman–Crippen LogP) is 4.93. The van der Waals surface area contributed by atoms with Gasteiger partial charge in [0.15, 0.2) is 87.3 Å². The van der Waals surface area contributed by atoms with Crippen molar-refractivity contribution in [3.05, 3.63) is 87.3 Å². The summed E-state index contributed by atoms with van der Waals surface area (Å²) in [6.45, 7) is 2.76. The van der Waals surface area contributed by atoms with E-state index in [0.717, 1.165) is 0 Å². The molecule has 0 spiro atoms. The van der Waals surface area contributed by atoms with E-state index in [4.69, 9.17) is 0 Å². The molecule has 0 unspecified atom stereocenters. The molecule has 3 aromatic carbocycles. The van der Waals surface area contributed by atoms with Crippen LogP contribution in [0.4, 0.5) is 65.9 Å². The zero-order chi connectivity index (χ0) is 38.0. The number of benzene rings is 3. The van der Waals surface area contributed by atoms with Crippen LogP contribution in [0, 0.1) is 125 Å². The van der Waals surface area contributed by atoms with Crippen molar-refractivity contribution in [1.82, 2.24) is 0 Å². The van der Waals surface area contributed by atoms with Gasteiger partial charge in [-0.15, -0.1) is 0 Å². The number of methoxy groups -OCH3 is 4. The Morgan fingerprint density at radius 3 is 0.490 bits per heavy atom. The molecule has 23 heteroatoms. The Morgan fingerprint density at radius 1 is 0.286 bits per heavy atom. The Bertz CT molecular complexity index is 993. The monoisotopic (exact) mass is 895 g/mol. The van der Waals surface area contributed by atoms with Gasteiger partial charge in [-0.3, -0.25) is 0 Å². The zero-order valence-corrected chi connectivity index (χ0v) is 26.5. The van der Waals surface area contributed by atoms with E-state index in [-0.39, 0.29) is 37.3 Å². The van der Waals surface area contributed by atoms with Crippen molar-refractivity contribution in [2.24, 2.45) is 0 Å². The first-order valence-corrected chi connectivity index (χ1v) is 11.7. The van der Waals surface area contributed by atoms with Gasteiger partial charge in [0.2, 0.25) is 0 Å². The summed E-state index contributed by atoms with van der Waals surface area (Å²) in [5.74, 6) is -40.7. The van der Waals surface area contributed by atoms with E-state index in [9.17, 15) is 81.2 Å². The largest absolute Gasteiger partial charge is 3.00 e. The van der Waals surface area contributed by atoms with E-state index in [1.54, 1.807) is 28.4 Å². The van der Waals surface area contributed by atoms with Crippen LogP contribution in [-0.2, 0) is 18.9 Å². The SMILES string of the molecule is COCCOC.COCCOC.[Er+3].[O-]c1c(F)c(F)c(F)c(F)c1F.[O-]c1c(F)c(F)c(F)c(F)c1F.[O-]c1c(F)c(F)c(F)c(F)c1F. The third-order valence-corrected chi connectivity index (χ3v) is 4.49. The topological polar surface area (TPSA) is 106 Å². The Hall–Kier alpha value is -2.90. The molecule has 0 saturated carbocycles. The molecule has 0 aliphatic heterocycles.